The van der Waals surface area contributed by atoms with Crippen molar-refractivity contribution in [2.24, 2.45) is 0 Å². The minimum atomic E-state index is -0.208. The minimum Gasteiger partial charge on any atom is -0.468 e. The maximum atomic E-state index is 11.3. The largest absolute Gasteiger partial charge is 0.468 e. The smallest absolute Gasteiger partial charge is 0.322 e. The van der Waals surface area contributed by atoms with Crippen molar-refractivity contribution in [3.05, 3.63) is 0 Å². The Morgan fingerprint density at radius 2 is 2.29 bits per heavy atom. The van der Waals surface area contributed by atoms with Crippen LogP contribution in [0.15, 0.2) is 0 Å². The van der Waals surface area contributed by atoms with Crippen LogP contribution >= 0.6 is 0 Å². The molecule has 0 heterocycles. The van der Waals surface area contributed by atoms with Gasteiger partial charge in [0, 0.05) is 0 Å². The third kappa shape index (κ3) is 5.60. The fraction of sp³-hybridized carbons (Fsp3) is 0.727. The van der Waals surface area contributed by atoms with Gasteiger partial charge in [-0.3, -0.25) is 10.1 Å². The van der Waals surface area contributed by atoms with Crippen molar-refractivity contribution in [1.29, 1.82) is 0 Å². The van der Waals surface area contributed by atoms with E-state index in [4.69, 9.17) is 4.74 Å². The molecule has 1 unspecified atom stereocenters. The fourth-order valence-electron chi connectivity index (χ4n) is 1.12. The van der Waals surface area contributed by atoms with Gasteiger partial charge in [-0.2, -0.15) is 0 Å². The van der Waals surface area contributed by atoms with Crippen LogP contribution in [0.3, 0.4) is 0 Å². The second-order valence-corrected chi connectivity index (χ2v) is 3.03. The molecule has 3 nitrogen and oxygen atoms in total. The summed E-state index contributed by atoms with van der Waals surface area (Å²) < 4.78 is 4.69. The van der Waals surface area contributed by atoms with Gasteiger partial charge < -0.3 is 4.74 Å². The van der Waals surface area contributed by atoms with E-state index in [1.54, 1.807) is 6.92 Å². The summed E-state index contributed by atoms with van der Waals surface area (Å²) in [6.45, 7) is 4.42. The predicted octanol–water partition coefficient (Wildman–Crippen LogP) is 1.33. The van der Waals surface area contributed by atoms with Crippen molar-refractivity contribution in [2.45, 2.75) is 39.2 Å². The van der Waals surface area contributed by atoms with E-state index in [1.165, 1.54) is 7.11 Å². The first kappa shape index (κ1) is 13.0. The number of carbonyl (C=O) groups is 1. The monoisotopic (exact) mass is 197 g/mol. The Morgan fingerprint density at radius 1 is 1.57 bits per heavy atom. The molecule has 0 aromatic rings. The molecule has 0 aliphatic heterocycles. The highest BCUT2D eigenvalue weighted by atomic mass is 16.5. The van der Waals surface area contributed by atoms with Crippen LogP contribution in [-0.2, 0) is 9.53 Å². The number of methoxy groups -OCH3 is 1. The maximum absolute atomic E-state index is 11.3. The lowest BCUT2D eigenvalue weighted by molar-refractivity contribution is -0.143. The molecule has 0 radical (unpaired) electrons. The van der Waals surface area contributed by atoms with Crippen LogP contribution < -0.4 is 5.32 Å². The molecule has 80 valence electrons. The molecule has 0 spiro atoms. The number of hydrogen-bond acceptors (Lipinski definition) is 3. The van der Waals surface area contributed by atoms with E-state index in [1.807, 2.05) is 0 Å². The molecule has 14 heavy (non-hydrogen) atoms. The first-order chi connectivity index (χ1) is 6.76. The topological polar surface area (TPSA) is 38.3 Å². The van der Waals surface area contributed by atoms with Gasteiger partial charge in [0.1, 0.15) is 6.04 Å². The van der Waals surface area contributed by atoms with Gasteiger partial charge in [-0.25, -0.2) is 0 Å². The summed E-state index contributed by atoms with van der Waals surface area (Å²) in [5, 5.41) is 3.06. The van der Waals surface area contributed by atoms with E-state index in [0.29, 0.717) is 6.54 Å². The molecule has 0 saturated carbocycles. The van der Waals surface area contributed by atoms with Crippen molar-refractivity contribution in [3.8, 4) is 11.8 Å². The zero-order valence-electron chi connectivity index (χ0n) is 9.22. The highest BCUT2D eigenvalue weighted by Crippen LogP contribution is 2.01. The predicted molar refractivity (Wildman–Crippen MR) is 56.8 cm³/mol. The van der Waals surface area contributed by atoms with Gasteiger partial charge in [-0.15, -0.1) is 5.92 Å². The van der Waals surface area contributed by atoms with Gasteiger partial charge in [0.15, 0.2) is 0 Å². The van der Waals surface area contributed by atoms with Gasteiger partial charge in [0.25, 0.3) is 0 Å². The average molecular weight is 197 g/mol. The number of carbonyl (C=O) groups excluding carboxylic acids is 1. The number of unbranched alkanes of at least 4 members (excludes halogenated alkanes) is 1. The molecule has 1 N–H and O–H groups in total. The van der Waals surface area contributed by atoms with E-state index < -0.39 is 0 Å². The zero-order valence-corrected chi connectivity index (χ0v) is 9.22. The molecule has 0 rings (SSSR count). The fourth-order valence-corrected chi connectivity index (χ4v) is 1.12. The molecule has 0 aromatic heterocycles. The summed E-state index contributed by atoms with van der Waals surface area (Å²) in [5.74, 6) is 5.44. The lowest BCUT2D eigenvalue weighted by Crippen LogP contribution is -2.37. The van der Waals surface area contributed by atoms with Gasteiger partial charge in [0.05, 0.1) is 13.7 Å². The number of ether oxygens (including phenoxy) is 1. The summed E-state index contributed by atoms with van der Waals surface area (Å²) in [6, 6.07) is -0.208. The van der Waals surface area contributed by atoms with Crippen LogP contribution in [0.5, 0.6) is 0 Å². The van der Waals surface area contributed by atoms with E-state index in [2.05, 4.69) is 24.1 Å². The Labute approximate surface area is 86.2 Å². The number of rotatable bonds is 6. The van der Waals surface area contributed by atoms with Crippen LogP contribution in [0.25, 0.3) is 0 Å². The SMILES string of the molecule is CC#CCNC(CCCC)C(=O)OC. The second kappa shape index (κ2) is 8.58. The van der Waals surface area contributed by atoms with E-state index in [9.17, 15) is 4.79 Å². The lowest BCUT2D eigenvalue weighted by Gasteiger charge is -2.13. The van der Waals surface area contributed by atoms with Crippen molar-refractivity contribution in [2.75, 3.05) is 13.7 Å². The van der Waals surface area contributed by atoms with Gasteiger partial charge in [0.2, 0.25) is 0 Å². The molecule has 0 saturated heterocycles. The Bertz CT molecular complexity index is 215. The summed E-state index contributed by atoms with van der Waals surface area (Å²) >= 11 is 0. The molecule has 3 heteroatoms. The summed E-state index contributed by atoms with van der Waals surface area (Å²) in [4.78, 5) is 11.3. The normalized spacial score (nSPS) is 11.4. The van der Waals surface area contributed by atoms with Crippen molar-refractivity contribution in [1.82, 2.24) is 5.32 Å². The maximum Gasteiger partial charge on any atom is 0.322 e. The average Bonchev–Trinajstić information content (AvgIpc) is 2.22. The van der Waals surface area contributed by atoms with Crippen LogP contribution in [0.1, 0.15) is 33.1 Å². The first-order valence-corrected chi connectivity index (χ1v) is 4.97. The molecular formula is C11H19NO2. The van der Waals surface area contributed by atoms with E-state index in [-0.39, 0.29) is 12.0 Å². The zero-order chi connectivity index (χ0) is 10.8. The van der Waals surface area contributed by atoms with Crippen LogP contribution in [0, 0.1) is 11.8 Å². The highest BCUT2D eigenvalue weighted by molar-refractivity contribution is 5.75. The number of esters is 1. The molecule has 0 fully saturated rings. The van der Waals surface area contributed by atoms with Crippen LogP contribution in [-0.4, -0.2) is 25.7 Å². The minimum absolute atomic E-state index is 0.198. The van der Waals surface area contributed by atoms with Gasteiger partial charge >= 0.3 is 5.97 Å². The number of nitrogens with one attached hydrogen (secondary N) is 1. The molecule has 0 aliphatic carbocycles. The van der Waals surface area contributed by atoms with Crippen molar-refractivity contribution >= 4 is 5.97 Å². The summed E-state index contributed by atoms with van der Waals surface area (Å²) in [6.07, 6.45) is 2.91. The third-order valence-corrected chi connectivity index (χ3v) is 1.95. The quantitative estimate of drug-likeness (QED) is 0.515. The van der Waals surface area contributed by atoms with Crippen LogP contribution in [0.4, 0.5) is 0 Å². The molecule has 0 amide bonds. The lowest BCUT2D eigenvalue weighted by atomic mass is 10.1. The van der Waals surface area contributed by atoms with Crippen molar-refractivity contribution < 1.29 is 9.53 Å². The Balaban J connectivity index is 3.94. The van der Waals surface area contributed by atoms with Gasteiger partial charge in [-0.1, -0.05) is 25.7 Å². The standard InChI is InChI=1S/C11H19NO2/c1-4-6-8-10(11(13)14-3)12-9-7-5-2/h10,12H,4,6,8-9H2,1-3H3. The van der Waals surface area contributed by atoms with Crippen LogP contribution in [0.2, 0.25) is 0 Å². The van der Waals surface area contributed by atoms with E-state index in [0.717, 1.165) is 19.3 Å². The Hall–Kier alpha value is -1.01. The van der Waals surface area contributed by atoms with E-state index >= 15 is 0 Å². The molecule has 0 aromatic carbocycles. The third-order valence-electron chi connectivity index (χ3n) is 1.95. The molecule has 1 atom stereocenters. The Kier molecular flexibility index (Phi) is 7.96. The van der Waals surface area contributed by atoms with Gasteiger partial charge in [-0.05, 0) is 13.3 Å². The summed E-state index contributed by atoms with van der Waals surface area (Å²) in [7, 11) is 1.41. The Morgan fingerprint density at radius 3 is 2.79 bits per heavy atom. The second-order valence-electron chi connectivity index (χ2n) is 3.03. The highest BCUT2D eigenvalue weighted by Gasteiger charge is 2.16. The van der Waals surface area contributed by atoms with Crippen molar-refractivity contribution in [3.63, 3.8) is 0 Å². The number of hydrogen-bond donors (Lipinski definition) is 1. The first-order valence-electron chi connectivity index (χ1n) is 4.97. The molecular weight excluding hydrogens is 178 g/mol. The molecule has 0 aliphatic rings. The summed E-state index contributed by atoms with van der Waals surface area (Å²) in [5.41, 5.74) is 0. The molecule has 0 bridgehead atoms.